The van der Waals surface area contributed by atoms with Gasteiger partial charge in [-0.1, -0.05) is 36.7 Å². The third-order valence-corrected chi connectivity index (χ3v) is 3.90. The fourth-order valence-electron chi connectivity index (χ4n) is 2.08. The summed E-state index contributed by atoms with van der Waals surface area (Å²) in [6.07, 6.45) is 3.29. The molecule has 0 heterocycles. The molecule has 0 saturated heterocycles. The molecule has 0 aliphatic heterocycles. The summed E-state index contributed by atoms with van der Waals surface area (Å²) in [7, 11) is 1.82. The minimum absolute atomic E-state index is 0.606. The van der Waals surface area contributed by atoms with Crippen molar-refractivity contribution in [3.8, 4) is 0 Å². The van der Waals surface area contributed by atoms with Crippen molar-refractivity contribution in [2.45, 2.75) is 32.2 Å². The van der Waals surface area contributed by atoms with Crippen LogP contribution in [0.25, 0.3) is 0 Å². The number of benzene rings is 1. The van der Waals surface area contributed by atoms with Crippen molar-refractivity contribution >= 4 is 17.6 Å². The zero-order valence-corrected chi connectivity index (χ0v) is 12.4. The molecule has 3 nitrogen and oxygen atoms in total. The highest BCUT2D eigenvalue weighted by molar-refractivity contribution is 6.31. The van der Waals surface area contributed by atoms with Crippen molar-refractivity contribution in [1.29, 1.82) is 0 Å². The monoisotopic (exact) mass is 279 g/mol. The number of rotatable bonds is 5. The average molecular weight is 280 g/mol. The van der Waals surface area contributed by atoms with E-state index in [4.69, 9.17) is 11.6 Å². The maximum absolute atomic E-state index is 6.13. The summed E-state index contributed by atoms with van der Waals surface area (Å²) in [5, 5.41) is 7.62. The Balaban J connectivity index is 1.67. The second-order valence-electron chi connectivity index (χ2n) is 5.16. The van der Waals surface area contributed by atoms with Crippen LogP contribution in [-0.4, -0.2) is 25.6 Å². The lowest BCUT2D eigenvalue weighted by Gasteiger charge is -2.11. The van der Waals surface area contributed by atoms with E-state index in [9.17, 15) is 0 Å². The topological polar surface area (TPSA) is 36.4 Å². The van der Waals surface area contributed by atoms with Gasteiger partial charge in [-0.25, -0.2) is 0 Å². The fourth-order valence-corrected chi connectivity index (χ4v) is 2.31. The third-order valence-electron chi connectivity index (χ3n) is 3.53. The molecular formula is C15H22ClN3. The van der Waals surface area contributed by atoms with E-state index in [1.807, 2.05) is 25.2 Å². The number of guanidine groups is 1. The van der Waals surface area contributed by atoms with E-state index in [1.54, 1.807) is 0 Å². The van der Waals surface area contributed by atoms with Crippen molar-refractivity contribution in [1.82, 2.24) is 10.6 Å². The highest BCUT2D eigenvalue weighted by Crippen LogP contribution is 2.28. The van der Waals surface area contributed by atoms with Gasteiger partial charge in [-0.3, -0.25) is 4.99 Å². The predicted molar refractivity (Wildman–Crippen MR) is 81.8 cm³/mol. The van der Waals surface area contributed by atoms with Crippen LogP contribution in [0.1, 0.15) is 25.3 Å². The summed E-state index contributed by atoms with van der Waals surface area (Å²) >= 11 is 6.13. The second kappa shape index (κ2) is 6.80. The van der Waals surface area contributed by atoms with E-state index in [1.165, 1.54) is 12.0 Å². The number of nitrogens with one attached hydrogen (secondary N) is 2. The van der Waals surface area contributed by atoms with Gasteiger partial charge in [0.05, 0.1) is 0 Å². The van der Waals surface area contributed by atoms with Crippen LogP contribution in [0.2, 0.25) is 5.02 Å². The van der Waals surface area contributed by atoms with Gasteiger partial charge in [0, 0.05) is 24.7 Å². The quantitative estimate of drug-likeness (QED) is 0.494. The molecule has 19 heavy (non-hydrogen) atoms. The number of halogens is 1. The lowest BCUT2D eigenvalue weighted by molar-refractivity contribution is 0.726. The van der Waals surface area contributed by atoms with Gasteiger partial charge in [-0.05, 0) is 36.8 Å². The molecule has 0 spiro atoms. The molecule has 0 radical (unpaired) electrons. The van der Waals surface area contributed by atoms with Crippen LogP contribution in [0, 0.1) is 5.92 Å². The van der Waals surface area contributed by atoms with Crippen molar-refractivity contribution in [3.63, 3.8) is 0 Å². The van der Waals surface area contributed by atoms with Gasteiger partial charge in [-0.15, -0.1) is 0 Å². The lowest BCUT2D eigenvalue weighted by Crippen LogP contribution is -2.39. The Morgan fingerprint density at radius 3 is 2.79 bits per heavy atom. The van der Waals surface area contributed by atoms with E-state index < -0.39 is 0 Å². The first-order valence-corrected chi connectivity index (χ1v) is 7.29. The molecule has 104 valence electrons. The normalized spacial score (nSPS) is 22.2. The van der Waals surface area contributed by atoms with Crippen LogP contribution < -0.4 is 10.6 Å². The Morgan fingerprint density at radius 1 is 1.42 bits per heavy atom. The molecule has 0 bridgehead atoms. The average Bonchev–Trinajstić information content (AvgIpc) is 3.10. The van der Waals surface area contributed by atoms with Crippen molar-refractivity contribution in [3.05, 3.63) is 34.9 Å². The first kappa shape index (κ1) is 14.2. The van der Waals surface area contributed by atoms with E-state index >= 15 is 0 Å². The fraction of sp³-hybridized carbons (Fsp3) is 0.533. The maximum Gasteiger partial charge on any atom is 0.191 e. The van der Waals surface area contributed by atoms with Crippen LogP contribution in [0.15, 0.2) is 29.3 Å². The summed E-state index contributed by atoms with van der Waals surface area (Å²) in [4.78, 5) is 4.23. The third kappa shape index (κ3) is 4.43. The van der Waals surface area contributed by atoms with Gasteiger partial charge >= 0.3 is 0 Å². The molecule has 2 atom stereocenters. The standard InChI is InChI=1S/C15H22ClN3/c1-11-10-14(11)19-15(17-2)18-9-5-7-12-6-3-4-8-13(12)16/h3-4,6,8,11,14H,5,7,9-10H2,1-2H3,(H2,17,18,19). The molecule has 1 aliphatic carbocycles. The van der Waals surface area contributed by atoms with Crippen LogP contribution in [0.4, 0.5) is 0 Å². The molecule has 1 aromatic rings. The molecule has 2 rings (SSSR count). The van der Waals surface area contributed by atoms with Crippen LogP contribution in [0.3, 0.4) is 0 Å². The predicted octanol–water partition coefficient (Wildman–Crippen LogP) is 2.85. The summed E-state index contributed by atoms with van der Waals surface area (Å²) in [5.74, 6) is 1.69. The molecule has 1 fully saturated rings. The zero-order chi connectivity index (χ0) is 13.7. The summed E-state index contributed by atoms with van der Waals surface area (Å²) < 4.78 is 0. The minimum Gasteiger partial charge on any atom is -0.356 e. The highest BCUT2D eigenvalue weighted by atomic mass is 35.5. The molecule has 2 unspecified atom stereocenters. The molecule has 1 aliphatic rings. The maximum atomic E-state index is 6.13. The number of aliphatic imine (C=N–C) groups is 1. The Morgan fingerprint density at radius 2 is 2.16 bits per heavy atom. The van der Waals surface area contributed by atoms with E-state index in [0.717, 1.165) is 36.3 Å². The largest absolute Gasteiger partial charge is 0.356 e. The highest BCUT2D eigenvalue weighted by Gasteiger charge is 2.33. The SMILES string of the molecule is CN=C(NCCCc1ccccc1Cl)NC1CC1C. The zero-order valence-electron chi connectivity index (χ0n) is 11.6. The molecule has 2 N–H and O–H groups in total. The van der Waals surface area contributed by atoms with Crippen LogP contribution in [-0.2, 0) is 6.42 Å². The Labute approximate surface area is 120 Å². The molecule has 0 amide bonds. The Bertz CT molecular complexity index is 445. The summed E-state index contributed by atoms with van der Waals surface area (Å²) in [6, 6.07) is 8.63. The van der Waals surface area contributed by atoms with Crippen LogP contribution >= 0.6 is 11.6 Å². The van der Waals surface area contributed by atoms with Gasteiger partial charge in [0.15, 0.2) is 5.96 Å². The first-order chi connectivity index (χ1) is 9.20. The Hall–Kier alpha value is -1.22. The molecular weight excluding hydrogens is 258 g/mol. The molecule has 1 saturated carbocycles. The summed E-state index contributed by atoms with van der Waals surface area (Å²) in [6.45, 7) is 3.16. The van der Waals surface area contributed by atoms with Crippen molar-refractivity contribution in [2.24, 2.45) is 10.9 Å². The van der Waals surface area contributed by atoms with Crippen molar-refractivity contribution < 1.29 is 0 Å². The lowest BCUT2D eigenvalue weighted by atomic mass is 10.1. The number of hydrogen-bond donors (Lipinski definition) is 2. The van der Waals surface area contributed by atoms with E-state index in [2.05, 4.69) is 28.6 Å². The first-order valence-electron chi connectivity index (χ1n) is 6.91. The molecule has 0 aromatic heterocycles. The van der Waals surface area contributed by atoms with E-state index in [-0.39, 0.29) is 0 Å². The second-order valence-corrected chi connectivity index (χ2v) is 5.56. The molecule has 4 heteroatoms. The number of hydrogen-bond acceptors (Lipinski definition) is 1. The Kier molecular flexibility index (Phi) is 5.08. The van der Waals surface area contributed by atoms with Gasteiger partial charge in [0.2, 0.25) is 0 Å². The van der Waals surface area contributed by atoms with Gasteiger partial charge in [-0.2, -0.15) is 0 Å². The van der Waals surface area contributed by atoms with E-state index in [0.29, 0.717) is 6.04 Å². The van der Waals surface area contributed by atoms with Gasteiger partial charge in [0.25, 0.3) is 0 Å². The summed E-state index contributed by atoms with van der Waals surface area (Å²) in [5.41, 5.74) is 1.21. The molecule has 1 aromatic carbocycles. The van der Waals surface area contributed by atoms with Gasteiger partial charge < -0.3 is 10.6 Å². The smallest absolute Gasteiger partial charge is 0.191 e. The number of nitrogens with zero attached hydrogens (tertiary/aromatic N) is 1. The van der Waals surface area contributed by atoms with Crippen molar-refractivity contribution in [2.75, 3.05) is 13.6 Å². The minimum atomic E-state index is 0.606. The number of aryl methyl sites for hydroxylation is 1. The van der Waals surface area contributed by atoms with Crippen LogP contribution in [0.5, 0.6) is 0 Å². The van der Waals surface area contributed by atoms with Gasteiger partial charge in [0.1, 0.15) is 0 Å².